The average Bonchev–Trinajstić information content (AvgIpc) is 2.91. The SMILES string of the molecule is Cc1nc(-c2ccc(NC(=O)CCCCC(=O)O)cc2)n[nH]1. The summed E-state index contributed by atoms with van der Waals surface area (Å²) in [4.78, 5) is 26.3. The van der Waals surface area contributed by atoms with Crippen molar-refractivity contribution in [3.05, 3.63) is 30.1 Å². The molecule has 116 valence electrons. The highest BCUT2D eigenvalue weighted by Gasteiger charge is 2.06. The zero-order valence-corrected chi connectivity index (χ0v) is 12.3. The third-order valence-electron chi connectivity index (χ3n) is 3.07. The van der Waals surface area contributed by atoms with Gasteiger partial charge in [0.1, 0.15) is 5.82 Å². The van der Waals surface area contributed by atoms with Gasteiger partial charge in [-0.3, -0.25) is 14.7 Å². The predicted octanol–water partition coefficient (Wildman–Crippen LogP) is 2.36. The topological polar surface area (TPSA) is 108 Å². The van der Waals surface area contributed by atoms with Gasteiger partial charge < -0.3 is 10.4 Å². The molecule has 0 bridgehead atoms. The van der Waals surface area contributed by atoms with E-state index in [2.05, 4.69) is 20.5 Å². The summed E-state index contributed by atoms with van der Waals surface area (Å²) < 4.78 is 0. The maximum absolute atomic E-state index is 11.7. The molecule has 0 saturated carbocycles. The van der Waals surface area contributed by atoms with Crippen molar-refractivity contribution in [2.24, 2.45) is 0 Å². The second-order valence-electron chi connectivity index (χ2n) is 4.97. The van der Waals surface area contributed by atoms with Crippen molar-refractivity contribution in [1.82, 2.24) is 15.2 Å². The Balaban J connectivity index is 1.83. The lowest BCUT2D eigenvalue weighted by atomic mass is 10.1. The quantitative estimate of drug-likeness (QED) is 0.680. The number of carbonyl (C=O) groups excluding carboxylic acids is 1. The first-order chi connectivity index (χ1) is 10.5. The van der Waals surface area contributed by atoms with Crippen LogP contribution in [0.3, 0.4) is 0 Å². The summed E-state index contributed by atoms with van der Waals surface area (Å²) in [5, 5.41) is 18.1. The summed E-state index contributed by atoms with van der Waals surface area (Å²) in [6.07, 6.45) is 1.48. The van der Waals surface area contributed by atoms with Crippen LogP contribution in [0.15, 0.2) is 24.3 Å². The van der Waals surface area contributed by atoms with Crippen LogP contribution in [0, 0.1) is 6.92 Å². The number of H-pyrrole nitrogens is 1. The lowest BCUT2D eigenvalue weighted by Gasteiger charge is -2.05. The van der Waals surface area contributed by atoms with E-state index in [0.29, 0.717) is 30.8 Å². The van der Waals surface area contributed by atoms with Crippen molar-refractivity contribution < 1.29 is 14.7 Å². The molecule has 0 aliphatic heterocycles. The fourth-order valence-electron chi connectivity index (χ4n) is 1.96. The van der Waals surface area contributed by atoms with Gasteiger partial charge in [0.05, 0.1) is 0 Å². The highest BCUT2D eigenvalue weighted by atomic mass is 16.4. The number of aromatic nitrogens is 3. The number of aliphatic carboxylic acids is 1. The Morgan fingerprint density at radius 3 is 2.45 bits per heavy atom. The molecule has 0 spiro atoms. The smallest absolute Gasteiger partial charge is 0.303 e. The minimum Gasteiger partial charge on any atom is -0.481 e. The van der Waals surface area contributed by atoms with Crippen LogP contribution in [-0.4, -0.2) is 32.2 Å². The second-order valence-corrected chi connectivity index (χ2v) is 4.97. The maximum Gasteiger partial charge on any atom is 0.303 e. The standard InChI is InChI=1S/C15H18N4O3/c1-10-16-15(19-18-10)11-6-8-12(9-7-11)17-13(20)4-2-3-5-14(21)22/h6-9H,2-5H2,1H3,(H,17,20)(H,21,22)(H,16,18,19). The number of anilines is 1. The van der Waals surface area contributed by atoms with Gasteiger partial charge in [-0.05, 0) is 44.0 Å². The van der Waals surface area contributed by atoms with Crippen molar-refractivity contribution in [2.45, 2.75) is 32.6 Å². The first kappa shape index (κ1) is 15.7. The minimum absolute atomic E-state index is 0.0953. The van der Waals surface area contributed by atoms with Gasteiger partial charge in [-0.15, -0.1) is 0 Å². The number of nitrogens with zero attached hydrogens (tertiary/aromatic N) is 2. The molecule has 1 amide bonds. The molecule has 1 aromatic heterocycles. The molecule has 0 aliphatic carbocycles. The molecule has 1 aromatic carbocycles. The maximum atomic E-state index is 11.7. The molecular formula is C15H18N4O3. The van der Waals surface area contributed by atoms with E-state index in [1.54, 1.807) is 12.1 Å². The number of aryl methyl sites for hydroxylation is 1. The summed E-state index contributed by atoms with van der Waals surface area (Å²) in [5.74, 6) is 0.405. The van der Waals surface area contributed by atoms with Crippen molar-refractivity contribution >= 4 is 17.6 Å². The Morgan fingerprint density at radius 2 is 1.86 bits per heavy atom. The number of hydrogen-bond acceptors (Lipinski definition) is 4. The van der Waals surface area contributed by atoms with Crippen molar-refractivity contribution in [3.63, 3.8) is 0 Å². The van der Waals surface area contributed by atoms with Crippen LogP contribution in [0.4, 0.5) is 5.69 Å². The Labute approximate surface area is 127 Å². The van der Waals surface area contributed by atoms with Gasteiger partial charge in [0.15, 0.2) is 5.82 Å². The van der Waals surface area contributed by atoms with E-state index >= 15 is 0 Å². The molecule has 2 rings (SSSR count). The third-order valence-corrected chi connectivity index (χ3v) is 3.07. The third kappa shape index (κ3) is 4.69. The van der Waals surface area contributed by atoms with Crippen LogP contribution in [0.1, 0.15) is 31.5 Å². The fraction of sp³-hybridized carbons (Fsp3) is 0.333. The summed E-state index contributed by atoms with van der Waals surface area (Å²) in [6.45, 7) is 1.83. The molecule has 3 N–H and O–H groups in total. The number of carboxylic acids is 1. The van der Waals surface area contributed by atoms with Crippen molar-refractivity contribution in [2.75, 3.05) is 5.32 Å². The van der Waals surface area contributed by atoms with Gasteiger partial charge in [0.25, 0.3) is 0 Å². The van der Waals surface area contributed by atoms with E-state index in [1.165, 1.54) is 0 Å². The number of hydrogen-bond donors (Lipinski definition) is 3. The molecule has 0 radical (unpaired) electrons. The summed E-state index contributed by atoms with van der Waals surface area (Å²) in [7, 11) is 0. The lowest BCUT2D eigenvalue weighted by molar-refractivity contribution is -0.137. The number of nitrogens with one attached hydrogen (secondary N) is 2. The molecule has 1 heterocycles. The van der Waals surface area contributed by atoms with Gasteiger partial charge in [0, 0.05) is 24.1 Å². The van der Waals surface area contributed by atoms with E-state index in [1.807, 2.05) is 19.1 Å². The number of aromatic amines is 1. The van der Waals surface area contributed by atoms with Gasteiger partial charge in [0.2, 0.25) is 5.91 Å². The second kappa shape index (κ2) is 7.35. The first-order valence-electron chi connectivity index (χ1n) is 7.05. The number of carbonyl (C=O) groups is 2. The molecule has 0 unspecified atom stereocenters. The molecule has 0 fully saturated rings. The van der Waals surface area contributed by atoms with E-state index in [9.17, 15) is 9.59 Å². The summed E-state index contributed by atoms with van der Waals surface area (Å²) in [5.41, 5.74) is 1.56. The number of carboxylic acid groups (broad SMARTS) is 1. The number of benzene rings is 1. The highest BCUT2D eigenvalue weighted by Crippen LogP contribution is 2.18. The Bertz CT molecular complexity index is 649. The lowest BCUT2D eigenvalue weighted by Crippen LogP contribution is -2.11. The summed E-state index contributed by atoms with van der Waals surface area (Å²) >= 11 is 0. The molecule has 0 atom stereocenters. The largest absolute Gasteiger partial charge is 0.481 e. The Morgan fingerprint density at radius 1 is 1.18 bits per heavy atom. The van der Waals surface area contributed by atoms with Crippen molar-refractivity contribution in [1.29, 1.82) is 0 Å². The molecule has 7 heteroatoms. The van der Waals surface area contributed by atoms with Crippen LogP contribution >= 0.6 is 0 Å². The number of rotatable bonds is 7. The van der Waals surface area contributed by atoms with Gasteiger partial charge in [-0.2, -0.15) is 5.10 Å². The van der Waals surface area contributed by atoms with Crippen LogP contribution < -0.4 is 5.32 Å². The van der Waals surface area contributed by atoms with Gasteiger partial charge in [-0.25, -0.2) is 4.98 Å². The highest BCUT2D eigenvalue weighted by molar-refractivity contribution is 5.90. The molecule has 7 nitrogen and oxygen atoms in total. The average molecular weight is 302 g/mol. The Hall–Kier alpha value is -2.70. The predicted molar refractivity (Wildman–Crippen MR) is 81.3 cm³/mol. The summed E-state index contributed by atoms with van der Waals surface area (Å²) in [6, 6.07) is 7.25. The van der Waals surface area contributed by atoms with E-state index in [-0.39, 0.29) is 12.3 Å². The molecule has 0 aliphatic rings. The van der Waals surface area contributed by atoms with Crippen LogP contribution in [0.25, 0.3) is 11.4 Å². The van der Waals surface area contributed by atoms with Crippen LogP contribution in [-0.2, 0) is 9.59 Å². The van der Waals surface area contributed by atoms with E-state index in [4.69, 9.17) is 5.11 Å². The normalized spacial score (nSPS) is 10.4. The van der Waals surface area contributed by atoms with Crippen molar-refractivity contribution in [3.8, 4) is 11.4 Å². The van der Waals surface area contributed by atoms with Gasteiger partial charge in [-0.1, -0.05) is 0 Å². The van der Waals surface area contributed by atoms with E-state index < -0.39 is 5.97 Å². The molecule has 22 heavy (non-hydrogen) atoms. The number of amides is 1. The van der Waals surface area contributed by atoms with Gasteiger partial charge >= 0.3 is 5.97 Å². The Kier molecular flexibility index (Phi) is 5.24. The fourth-order valence-corrected chi connectivity index (χ4v) is 1.96. The molecule has 0 saturated heterocycles. The number of unbranched alkanes of at least 4 members (excludes halogenated alkanes) is 1. The minimum atomic E-state index is -0.835. The molecular weight excluding hydrogens is 284 g/mol. The monoisotopic (exact) mass is 302 g/mol. The molecule has 2 aromatic rings. The van der Waals surface area contributed by atoms with Crippen LogP contribution in [0.5, 0.6) is 0 Å². The first-order valence-corrected chi connectivity index (χ1v) is 7.05. The van der Waals surface area contributed by atoms with E-state index in [0.717, 1.165) is 11.4 Å². The zero-order chi connectivity index (χ0) is 15.9. The zero-order valence-electron chi connectivity index (χ0n) is 12.3. The van der Waals surface area contributed by atoms with Crippen LogP contribution in [0.2, 0.25) is 0 Å².